The van der Waals surface area contributed by atoms with Crippen LogP contribution in [0.1, 0.15) is 31.9 Å². The third-order valence-corrected chi connectivity index (χ3v) is 5.18. The second-order valence-corrected chi connectivity index (χ2v) is 7.95. The monoisotopic (exact) mass is 341 g/mol. The summed E-state index contributed by atoms with van der Waals surface area (Å²) in [5.74, 6) is 0.960. The standard InChI is InChI=1S/C20H27N3O2/c1-20(2,3)23-13-16-11-15(12-22-7-9-24-10-8-22)17-5-4-6-21-18(17)19(16)25-14-23/h4-6,11H,7-10,12-14H2,1-3H3. The van der Waals surface area contributed by atoms with Crippen molar-refractivity contribution in [1.29, 1.82) is 0 Å². The predicted molar refractivity (Wildman–Crippen MR) is 98.6 cm³/mol. The van der Waals surface area contributed by atoms with Crippen molar-refractivity contribution in [1.82, 2.24) is 14.8 Å². The van der Waals surface area contributed by atoms with Gasteiger partial charge in [0.2, 0.25) is 0 Å². The molecule has 1 fully saturated rings. The molecular formula is C20H27N3O2. The summed E-state index contributed by atoms with van der Waals surface area (Å²) in [5, 5.41) is 1.21. The summed E-state index contributed by atoms with van der Waals surface area (Å²) in [6.07, 6.45) is 1.86. The Morgan fingerprint density at radius 3 is 2.76 bits per heavy atom. The Bertz CT molecular complexity index is 763. The van der Waals surface area contributed by atoms with Crippen LogP contribution in [-0.2, 0) is 17.8 Å². The minimum atomic E-state index is 0.0845. The van der Waals surface area contributed by atoms with E-state index in [1.165, 1.54) is 16.5 Å². The quantitative estimate of drug-likeness (QED) is 0.839. The van der Waals surface area contributed by atoms with E-state index in [-0.39, 0.29) is 5.54 Å². The van der Waals surface area contributed by atoms with Crippen LogP contribution >= 0.6 is 0 Å². The zero-order valence-electron chi connectivity index (χ0n) is 15.4. The van der Waals surface area contributed by atoms with Crippen LogP contribution in [0.5, 0.6) is 5.75 Å². The first-order chi connectivity index (χ1) is 12.0. The Morgan fingerprint density at radius 2 is 2.00 bits per heavy atom. The Labute approximate surface area is 149 Å². The largest absolute Gasteiger partial charge is 0.475 e. The smallest absolute Gasteiger partial charge is 0.152 e. The highest BCUT2D eigenvalue weighted by Crippen LogP contribution is 2.36. The first-order valence-electron chi connectivity index (χ1n) is 9.10. The lowest BCUT2D eigenvalue weighted by atomic mass is 9.99. The van der Waals surface area contributed by atoms with Gasteiger partial charge in [0.05, 0.1) is 13.2 Å². The molecule has 2 aromatic rings. The third kappa shape index (κ3) is 3.36. The average Bonchev–Trinajstić information content (AvgIpc) is 2.61. The number of rotatable bonds is 2. The normalized spacial score (nSPS) is 19.6. The van der Waals surface area contributed by atoms with Gasteiger partial charge in [-0.15, -0.1) is 0 Å². The molecule has 0 amide bonds. The Balaban J connectivity index is 1.73. The van der Waals surface area contributed by atoms with E-state index in [1.807, 2.05) is 12.3 Å². The van der Waals surface area contributed by atoms with Crippen LogP contribution in [0.4, 0.5) is 0 Å². The van der Waals surface area contributed by atoms with Gasteiger partial charge < -0.3 is 9.47 Å². The summed E-state index contributed by atoms with van der Waals surface area (Å²) >= 11 is 0. The summed E-state index contributed by atoms with van der Waals surface area (Å²) in [6.45, 7) is 12.8. The lowest BCUT2D eigenvalue weighted by Gasteiger charge is -2.39. The number of morpholine rings is 1. The van der Waals surface area contributed by atoms with Gasteiger partial charge in [-0.1, -0.05) is 6.07 Å². The molecule has 0 bridgehead atoms. The van der Waals surface area contributed by atoms with Gasteiger partial charge in [0.25, 0.3) is 0 Å². The molecule has 0 radical (unpaired) electrons. The van der Waals surface area contributed by atoms with Gasteiger partial charge in [-0.2, -0.15) is 0 Å². The third-order valence-electron chi connectivity index (χ3n) is 5.18. The minimum absolute atomic E-state index is 0.0845. The maximum absolute atomic E-state index is 6.15. The van der Waals surface area contributed by atoms with E-state index in [9.17, 15) is 0 Å². The number of pyridine rings is 1. The molecule has 0 unspecified atom stereocenters. The second-order valence-electron chi connectivity index (χ2n) is 7.95. The van der Waals surface area contributed by atoms with E-state index in [0.717, 1.165) is 50.7 Å². The molecule has 5 heteroatoms. The van der Waals surface area contributed by atoms with Gasteiger partial charge in [0.1, 0.15) is 12.2 Å². The molecule has 1 aromatic carbocycles. The first-order valence-corrected chi connectivity index (χ1v) is 9.10. The van der Waals surface area contributed by atoms with Gasteiger partial charge in [-0.3, -0.25) is 14.8 Å². The Morgan fingerprint density at radius 1 is 1.20 bits per heavy atom. The lowest BCUT2D eigenvalue weighted by Crippen LogP contribution is -2.45. The molecule has 4 rings (SSSR count). The summed E-state index contributed by atoms with van der Waals surface area (Å²) in [7, 11) is 0. The van der Waals surface area contributed by atoms with Crippen LogP contribution in [0.25, 0.3) is 10.9 Å². The fraction of sp³-hybridized carbons (Fsp3) is 0.550. The van der Waals surface area contributed by atoms with E-state index in [4.69, 9.17) is 9.47 Å². The summed E-state index contributed by atoms with van der Waals surface area (Å²) in [4.78, 5) is 9.47. The Kier molecular flexibility index (Phi) is 4.40. The number of aromatic nitrogens is 1. The molecule has 1 saturated heterocycles. The molecule has 134 valence electrons. The van der Waals surface area contributed by atoms with Crippen molar-refractivity contribution >= 4 is 10.9 Å². The summed E-state index contributed by atoms with van der Waals surface area (Å²) in [5.41, 5.74) is 3.66. The zero-order chi connectivity index (χ0) is 17.4. The van der Waals surface area contributed by atoms with E-state index >= 15 is 0 Å². The highest BCUT2D eigenvalue weighted by molar-refractivity contribution is 5.89. The van der Waals surface area contributed by atoms with Gasteiger partial charge in [0, 0.05) is 48.9 Å². The average molecular weight is 341 g/mol. The lowest BCUT2D eigenvalue weighted by molar-refractivity contribution is 0.0224. The maximum Gasteiger partial charge on any atom is 0.152 e. The number of benzene rings is 1. The maximum atomic E-state index is 6.15. The molecule has 0 spiro atoms. The molecule has 1 aromatic heterocycles. The second kappa shape index (κ2) is 6.56. The van der Waals surface area contributed by atoms with Crippen LogP contribution in [-0.4, -0.2) is 53.4 Å². The van der Waals surface area contributed by atoms with Crippen molar-refractivity contribution in [3.05, 3.63) is 35.5 Å². The number of ether oxygens (including phenoxy) is 2. The zero-order valence-corrected chi connectivity index (χ0v) is 15.4. The molecule has 25 heavy (non-hydrogen) atoms. The number of hydrogen-bond donors (Lipinski definition) is 0. The molecular weight excluding hydrogens is 314 g/mol. The first kappa shape index (κ1) is 16.8. The number of fused-ring (bicyclic) bond motifs is 3. The number of nitrogens with zero attached hydrogens (tertiary/aromatic N) is 3. The molecule has 2 aliphatic rings. The summed E-state index contributed by atoms with van der Waals surface area (Å²) in [6, 6.07) is 6.51. The molecule has 2 aliphatic heterocycles. The van der Waals surface area contributed by atoms with Gasteiger partial charge >= 0.3 is 0 Å². The topological polar surface area (TPSA) is 37.8 Å². The van der Waals surface area contributed by atoms with E-state index < -0.39 is 0 Å². The van der Waals surface area contributed by atoms with E-state index in [1.54, 1.807) is 0 Å². The SMILES string of the molecule is CC(C)(C)N1COc2c(cc(CN3CCOCC3)c3cccnc23)C1. The summed E-state index contributed by atoms with van der Waals surface area (Å²) < 4.78 is 11.6. The molecule has 5 nitrogen and oxygen atoms in total. The van der Waals surface area contributed by atoms with Gasteiger partial charge in [-0.05, 0) is 38.5 Å². The highest BCUT2D eigenvalue weighted by Gasteiger charge is 2.29. The fourth-order valence-electron chi connectivity index (χ4n) is 3.59. The Hall–Kier alpha value is -1.69. The highest BCUT2D eigenvalue weighted by atomic mass is 16.5. The van der Waals surface area contributed by atoms with Crippen LogP contribution in [0, 0.1) is 0 Å². The van der Waals surface area contributed by atoms with Crippen molar-refractivity contribution in [2.75, 3.05) is 33.0 Å². The molecule has 0 atom stereocenters. The minimum Gasteiger partial charge on any atom is -0.475 e. The van der Waals surface area contributed by atoms with Crippen LogP contribution in [0.2, 0.25) is 0 Å². The molecule has 0 aliphatic carbocycles. The van der Waals surface area contributed by atoms with Crippen LogP contribution < -0.4 is 4.74 Å². The van der Waals surface area contributed by atoms with Crippen LogP contribution in [0.15, 0.2) is 24.4 Å². The van der Waals surface area contributed by atoms with Gasteiger partial charge in [0.15, 0.2) is 5.75 Å². The molecule has 0 N–H and O–H groups in total. The van der Waals surface area contributed by atoms with Crippen molar-refractivity contribution < 1.29 is 9.47 Å². The number of hydrogen-bond acceptors (Lipinski definition) is 5. The van der Waals surface area contributed by atoms with Crippen molar-refractivity contribution in [2.24, 2.45) is 0 Å². The van der Waals surface area contributed by atoms with Crippen molar-refractivity contribution in [3.8, 4) is 5.75 Å². The van der Waals surface area contributed by atoms with E-state index in [0.29, 0.717) is 6.73 Å². The predicted octanol–water partition coefficient (Wildman–Crippen LogP) is 3.02. The molecule has 3 heterocycles. The van der Waals surface area contributed by atoms with Crippen LogP contribution in [0.3, 0.4) is 0 Å². The van der Waals surface area contributed by atoms with Gasteiger partial charge in [-0.25, -0.2) is 0 Å². The van der Waals surface area contributed by atoms with Crippen molar-refractivity contribution in [3.63, 3.8) is 0 Å². The van der Waals surface area contributed by atoms with E-state index in [2.05, 4.69) is 47.7 Å². The molecule has 0 saturated carbocycles. The van der Waals surface area contributed by atoms with Crippen molar-refractivity contribution in [2.45, 2.75) is 39.4 Å². The fourth-order valence-corrected chi connectivity index (χ4v) is 3.59.